The Bertz CT molecular complexity index is 199. The summed E-state index contributed by atoms with van der Waals surface area (Å²) in [6, 6.07) is 0. The Hall–Kier alpha value is -0.0400. The summed E-state index contributed by atoms with van der Waals surface area (Å²) in [5, 5.41) is 3.61. The molecule has 0 bridgehead atoms. The minimum absolute atomic E-state index is 0.792. The highest BCUT2D eigenvalue weighted by molar-refractivity contribution is 5.07. The van der Waals surface area contributed by atoms with Gasteiger partial charge in [0.1, 0.15) is 0 Å². The Morgan fingerprint density at radius 3 is 2.57 bits per heavy atom. The molecule has 14 heavy (non-hydrogen) atoms. The molecule has 0 aromatic carbocycles. The second kappa shape index (κ2) is 3.52. The van der Waals surface area contributed by atoms with Gasteiger partial charge in [0, 0.05) is 6.54 Å². The molecule has 0 aromatic rings. The van der Waals surface area contributed by atoms with E-state index in [4.69, 9.17) is 0 Å². The molecule has 3 aliphatic rings. The molecular weight excluding hydrogens is 170 g/mol. The number of hydrogen-bond acceptors (Lipinski definition) is 1. The molecule has 0 amide bonds. The maximum Gasteiger partial charge on any atom is 0.00107 e. The van der Waals surface area contributed by atoms with Gasteiger partial charge in [-0.1, -0.05) is 32.1 Å². The van der Waals surface area contributed by atoms with Crippen molar-refractivity contribution < 1.29 is 0 Å². The van der Waals surface area contributed by atoms with Gasteiger partial charge in [0.2, 0.25) is 0 Å². The van der Waals surface area contributed by atoms with E-state index in [0.29, 0.717) is 0 Å². The van der Waals surface area contributed by atoms with Gasteiger partial charge in [-0.05, 0) is 43.1 Å². The van der Waals surface area contributed by atoms with Gasteiger partial charge in [-0.25, -0.2) is 0 Å². The van der Waals surface area contributed by atoms with Crippen LogP contribution >= 0.6 is 0 Å². The molecule has 2 atom stereocenters. The van der Waals surface area contributed by atoms with Crippen LogP contribution in [0.15, 0.2) is 0 Å². The predicted octanol–water partition coefficient (Wildman–Crippen LogP) is 2.96. The van der Waals surface area contributed by atoms with E-state index >= 15 is 0 Å². The van der Waals surface area contributed by atoms with Crippen molar-refractivity contribution in [3.63, 3.8) is 0 Å². The molecule has 1 spiro atoms. The van der Waals surface area contributed by atoms with Gasteiger partial charge < -0.3 is 5.32 Å². The molecule has 1 aliphatic heterocycles. The van der Waals surface area contributed by atoms with Gasteiger partial charge in [-0.3, -0.25) is 0 Å². The second-order valence-electron chi connectivity index (χ2n) is 5.85. The summed E-state index contributed by atoms with van der Waals surface area (Å²) < 4.78 is 0. The van der Waals surface area contributed by atoms with Crippen molar-refractivity contribution in [1.29, 1.82) is 0 Å². The third-order valence-electron chi connectivity index (χ3n) is 4.98. The van der Waals surface area contributed by atoms with Crippen LogP contribution in [0.5, 0.6) is 0 Å². The first-order valence-corrected chi connectivity index (χ1v) is 6.61. The van der Waals surface area contributed by atoms with Gasteiger partial charge >= 0.3 is 0 Å². The lowest BCUT2D eigenvalue weighted by molar-refractivity contribution is 0.244. The van der Waals surface area contributed by atoms with Crippen molar-refractivity contribution in [2.75, 3.05) is 13.1 Å². The SMILES string of the molecule is C1CCC(C2CC23CCCNC3)CC1. The standard InChI is InChI=1S/C13H23N/c1-2-5-11(6-3-1)12-9-13(12)7-4-8-14-10-13/h11-12,14H,1-10H2. The maximum atomic E-state index is 3.61. The zero-order valence-electron chi connectivity index (χ0n) is 9.23. The van der Waals surface area contributed by atoms with Crippen LogP contribution < -0.4 is 5.32 Å². The fourth-order valence-electron chi connectivity index (χ4n) is 4.06. The van der Waals surface area contributed by atoms with Gasteiger partial charge in [0.25, 0.3) is 0 Å². The average Bonchev–Trinajstić information content (AvgIpc) is 2.95. The molecule has 80 valence electrons. The lowest BCUT2D eigenvalue weighted by Gasteiger charge is -2.28. The van der Waals surface area contributed by atoms with Crippen molar-refractivity contribution in [2.24, 2.45) is 17.3 Å². The Labute approximate surface area is 87.7 Å². The molecule has 0 radical (unpaired) electrons. The van der Waals surface area contributed by atoms with E-state index in [9.17, 15) is 0 Å². The largest absolute Gasteiger partial charge is 0.316 e. The molecule has 1 nitrogen and oxygen atoms in total. The Balaban J connectivity index is 1.59. The smallest absolute Gasteiger partial charge is 0.00107 e. The summed E-state index contributed by atoms with van der Waals surface area (Å²) in [6.45, 7) is 2.62. The van der Waals surface area contributed by atoms with Crippen LogP contribution in [-0.4, -0.2) is 13.1 Å². The maximum absolute atomic E-state index is 3.61. The van der Waals surface area contributed by atoms with Gasteiger partial charge in [-0.15, -0.1) is 0 Å². The van der Waals surface area contributed by atoms with Crippen LogP contribution in [0.2, 0.25) is 0 Å². The number of rotatable bonds is 1. The molecule has 2 unspecified atom stereocenters. The highest BCUT2D eigenvalue weighted by atomic mass is 14.9. The fraction of sp³-hybridized carbons (Fsp3) is 1.00. The fourth-order valence-corrected chi connectivity index (χ4v) is 4.06. The third-order valence-corrected chi connectivity index (χ3v) is 4.98. The second-order valence-corrected chi connectivity index (χ2v) is 5.85. The molecule has 2 aliphatic carbocycles. The predicted molar refractivity (Wildman–Crippen MR) is 59.2 cm³/mol. The van der Waals surface area contributed by atoms with Crippen LogP contribution in [0.4, 0.5) is 0 Å². The lowest BCUT2D eigenvalue weighted by atomic mass is 9.81. The van der Waals surface area contributed by atoms with E-state index < -0.39 is 0 Å². The average molecular weight is 193 g/mol. The zero-order valence-corrected chi connectivity index (χ0v) is 9.23. The van der Waals surface area contributed by atoms with Crippen molar-refractivity contribution in [1.82, 2.24) is 5.32 Å². The number of hydrogen-bond donors (Lipinski definition) is 1. The Morgan fingerprint density at radius 2 is 1.86 bits per heavy atom. The van der Waals surface area contributed by atoms with E-state index in [0.717, 1.165) is 17.3 Å². The van der Waals surface area contributed by atoms with Crippen molar-refractivity contribution in [3.05, 3.63) is 0 Å². The summed E-state index contributed by atoms with van der Waals surface area (Å²) in [5.41, 5.74) is 0.792. The van der Waals surface area contributed by atoms with Crippen LogP contribution in [0.25, 0.3) is 0 Å². The first-order chi connectivity index (χ1) is 6.91. The molecule has 2 saturated carbocycles. The molecule has 0 aromatic heterocycles. The minimum Gasteiger partial charge on any atom is -0.316 e. The summed E-state index contributed by atoms with van der Waals surface area (Å²) in [7, 11) is 0. The van der Waals surface area contributed by atoms with Crippen LogP contribution in [0.1, 0.15) is 51.4 Å². The molecule has 3 fully saturated rings. The summed E-state index contributed by atoms with van der Waals surface area (Å²) in [4.78, 5) is 0. The van der Waals surface area contributed by atoms with E-state index in [1.54, 1.807) is 19.3 Å². The summed E-state index contributed by atoms with van der Waals surface area (Å²) in [5.74, 6) is 2.24. The molecule has 1 heteroatoms. The lowest BCUT2D eigenvalue weighted by Crippen LogP contribution is -2.33. The highest BCUT2D eigenvalue weighted by Gasteiger charge is 2.56. The first-order valence-electron chi connectivity index (χ1n) is 6.61. The molecule has 1 N–H and O–H groups in total. The van der Waals surface area contributed by atoms with Crippen LogP contribution in [0.3, 0.4) is 0 Å². The summed E-state index contributed by atoms with van der Waals surface area (Å²) in [6.07, 6.45) is 12.2. The van der Waals surface area contributed by atoms with Gasteiger partial charge in [0.15, 0.2) is 0 Å². The summed E-state index contributed by atoms with van der Waals surface area (Å²) >= 11 is 0. The number of piperidine rings is 1. The van der Waals surface area contributed by atoms with E-state index in [1.807, 2.05) is 0 Å². The molecular formula is C13H23N. The van der Waals surface area contributed by atoms with Crippen LogP contribution in [0, 0.1) is 17.3 Å². The quantitative estimate of drug-likeness (QED) is 0.675. The van der Waals surface area contributed by atoms with Crippen molar-refractivity contribution in [2.45, 2.75) is 51.4 Å². The monoisotopic (exact) mass is 193 g/mol. The molecule has 1 saturated heterocycles. The van der Waals surface area contributed by atoms with E-state index in [1.165, 1.54) is 45.2 Å². The Kier molecular flexibility index (Phi) is 2.31. The van der Waals surface area contributed by atoms with Gasteiger partial charge in [-0.2, -0.15) is 0 Å². The molecule has 1 heterocycles. The third kappa shape index (κ3) is 1.50. The van der Waals surface area contributed by atoms with Crippen LogP contribution in [-0.2, 0) is 0 Å². The first kappa shape index (κ1) is 9.21. The Morgan fingerprint density at radius 1 is 1.00 bits per heavy atom. The zero-order chi connectivity index (χ0) is 9.43. The van der Waals surface area contributed by atoms with Crippen molar-refractivity contribution in [3.8, 4) is 0 Å². The van der Waals surface area contributed by atoms with Gasteiger partial charge in [0.05, 0.1) is 0 Å². The normalized spacial score (nSPS) is 44.1. The van der Waals surface area contributed by atoms with E-state index in [2.05, 4.69) is 5.32 Å². The number of nitrogens with one attached hydrogen (secondary N) is 1. The molecule has 3 rings (SSSR count). The topological polar surface area (TPSA) is 12.0 Å². The minimum atomic E-state index is 0.792. The van der Waals surface area contributed by atoms with E-state index in [-0.39, 0.29) is 0 Å². The van der Waals surface area contributed by atoms with Crippen molar-refractivity contribution >= 4 is 0 Å². The highest BCUT2D eigenvalue weighted by Crippen LogP contribution is 2.62.